The summed E-state index contributed by atoms with van der Waals surface area (Å²) in [6.07, 6.45) is 3.31. The number of anilines is 3. The second-order valence-electron chi connectivity index (χ2n) is 6.88. The molecule has 2 aromatic carbocycles. The van der Waals surface area contributed by atoms with Gasteiger partial charge in [0.1, 0.15) is 0 Å². The van der Waals surface area contributed by atoms with Crippen molar-refractivity contribution in [2.45, 2.75) is 6.54 Å². The average molecular weight is 425 g/mol. The zero-order chi connectivity index (χ0) is 22.4. The molecule has 0 aliphatic rings. The number of amides is 3. The van der Waals surface area contributed by atoms with Gasteiger partial charge in [-0.1, -0.05) is 6.07 Å². The van der Waals surface area contributed by atoms with E-state index in [4.69, 9.17) is 0 Å². The molecule has 1 aromatic heterocycles. The molecule has 0 aliphatic carbocycles. The minimum Gasteiger partial charge on any atom is -0.377 e. The molecule has 0 unspecified atom stereocenters. The Morgan fingerprint density at radius 2 is 1.68 bits per heavy atom. The number of benzene rings is 2. The first-order chi connectivity index (χ1) is 14.8. The maximum Gasteiger partial charge on any atom is 0.323 e. The van der Waals surface area contributed by atoms with Crippen LogP contribution in [-0.4, -0.2) is 31.0 Å². The Kier molecular flexibility index (Phi) is 6.76. The van der Waals surface area contributed by atoms with Crippen LogP contribution in [0.15, 0.2) is 60.9 Å². The number of nitrogens with one attached hydrogen (secondary N) is 3. The summed E-state index contributed by atoms with van der Waals surface area (Å²) < 4.78 is 26.3. The topological polar surface area (TPSA) is 86.4 Å². The number of halogens is 2. The number of rotatable bonds is 6. The van der Waals surface area contributed by atoms with Crippen molar-refractivity contribution in [2.24, 2.45) is 0 Å². The van der Waals surface area contributed by atoms with Gasteiger partial charge in [-0.3, -0.25) is 9.78 Å². The summed E-state index contributed by atoms with van der Waals surface area (Å²) in [5, 5.41) is 7.83. The fourth-order valence-corrected chi connectivity index (χ4v) is 2.83. The van der Waals surface area contributed by atoms with E-state index in [0.717, 1.165) is 17.7 Å². The van der Waals surface area contributed by atoms with Gasteiger partial charge in [-0.05, 0) is 42.0 Å². The smallest absolute Gasteiger partial charge is 0.323 e. The zero-order valence-electron chi connectivity index (χ0n) is 16.9. The predicted molar refractivity (Wildman–Crippen MR) is 115 cm³/mol. The monoisotopic (exact) mass is 425 g/mol. The van der Waals surface area contributed by atoms with E-state index in [1.54, 1.807) is 55.7 Å². The zero-order valence-corrected chi connectivity index (χ0v) is 16.9. The van der Waals surface area contributed by atoms with Gasteiger partial charge < -0.3 is 20.9 Å². The maximum atomic E-state index is 13.3. The molecule has 0 saturated heterocycles. The first kappa shape index (κ1) is 21.7. The number of urea groups is 1. The third-order valence-corrected chi connectivity index (χ3v) is 4.33. The molecule has 0 bridgehead atoms. The molecule has 31 heavy (non-hydrogen) atoms. The fourth-order valence-electron chi connectivity index (χ4n) is 2.83. The van der Waals surface area contributed by atoms with E-state index < -0.39 is 17.7 Å². The second kappa shape index (κ2) is 9.66. The normalized spacial score (nSPS) is 10.3. The van der Waals surface area contributed by atoms with Crippen molar-refractivity contribution in [3.63, 3.8) is 0 Å². The molecule has 3 rings (SSSR count). The molecule has 0 spiro atoms. The third-order valence-electron chi connectivity index (χ3n) is 4.33. The second-order valence-corrected chi connectivity index (χ2v) is 6.88. The van der Waals surface area contributed by atoms with Crippen molar-refractivity contribution in [1.29, 1.82) is 0 Å². The van der Waals surface area contributed by atoms with Gasteiger partial charge in [-0.15, -0.1) is 0 Å². The molecule has 160 valence electrons. The Labute approximate surface area is 178 Å². The van der Waals surface area contributed by atoms with E-state index in [9.17, 15) is 18.4 Å². The van der Waals surface area contributed by atoms with E-state index in [-0.39, 0.29) is 11.6 Å². The predicted octanol–water partition coefficient (Wildman–Crippen LogP) is 4.00. The van der Waals surface area contributed by atoms with E-state index >= 15 is 0 Å². The fraction of sp³-hybridized carbons (Fsp3) is 0.136. The van der Waals surface area contributed by atoms with Gasteiger partial charge in [0.2, 0.25) is 0 Å². The molecule has 0 radical (unpaired) electrons. The quantitative estimate of drug-likeness (QED) is 0.557. The summed E-state index contributed by atoms with van der Waals surface area (Å²) in [4.78, 5) is 30.8. The van der Waals surface area contributed by atoms with Gasteiger partial charge in [-0.25, -0.2) is 13.6 Å². The van der Waals surface area contributed by atoms with Crippen molar-refractivity contribution in [3.8, 4) is 0 Å². The summed E-state index contributed by atoms with van der Waals surface area (Å²) in [5.41, 5.74) is 2.32. The Bertz CT molecular complexity index is 1090. The summed E-state index contributed by atoms with van der Waals surface area (Å²) in [5.74, 6) is -2.40. The molecule has 0 aliphatic heterocycles. The number of carbonyl (C=O) groups is 2. The highest BCUT2D eigenvalue weighted by Gasteiger charge is 2.15. The summed E-state index contributed by atoms with van der Waals surface area (Å²) in [6.45, 7) is 0.299. The van der Waals surface area contributed by atoms with Gasteiger partial charge in [0, 0.05) is 56.2 Å². The lowest BCUT2D eigenvalue weighted by Gasteiger charge is -2.18. The van der Waals surface area contributed by atoms with E-state index in [1.165, 1.54) is 6.07 Å². The molecule has 9 heteroatoms. The van der Waals surface area contributed by atoms with Crippen molar-refractivity contribution in [2.75, 3.05) is 29.6 Å². The molecule has 7 nitrogen and oxygen atoms in total. The largest absolute Gasteiger partial charge is 0.377 e. The van der Waals surface area contributed by atoms with Crippen LogP contribution in [0.1, 0.15) is 15.9 Å². The molecular formula is C22H21F2N5O2. The van der Waals surface area contributed by atoms with Gasteiger partial charge >= 0.3 is 6.03 Å². The molecule has 3 amide bonds. The number of nitrogens with zero attached hydrogens (tertiary/aromatic N) is 2. The number of aromatic nitrogens is 1. The minimum absolute atomic E-state index is 0.0933. The van der Waals surface area contributed by atoms with Crippen LogP contribution < -0.4 is 20.9 Å². The number of hydrogen-bond donors (Lipinski definition) is 3. The SMILES string of the molecule is CN(C)c1ccc(NC(=O)Nc2ccc(F)c(F)c2)cc1C(=O)NCc1cccnc1. The molecule has 3 N–H and O–H groups in total. The standard InChI is InChI=1S/C22H21F2N5O2/c1-29(2)20-8-6-15(27-22(31)28-16-5-7-18(23)19(24)11-16)10-17(20)21(30)26-13-14-4-3-9-25-12-14/h3-12H,13H2,1-2H3,(H,26,30)(H2,27,28,31). The summed E-state index contributed by atoms with van der Waals surface area (Å²) in [7, 11) is 3.60. The van der Waals surface area contributed by atoms with E-state index in [0.29, 0.717) is 23.5 Å². The first-order valence-corrected chi connectivity index (χ1v) is 9.35. The lowest BCUT2D eigenvalue weighted by molar-refractivity contribution is 0.0951. The minimum atomic E-state index is -1.07. The van der Waals surface area contributed by atoms with Crippen LogP contribution in [0.4, 0.5) is 30.6 Å². The summed E-state index contributed by atoms with van der Waals surface area (Å²) in [6, 6.07) is 10.9. The third kappa shape index (κ3) is 5.75. The van der Waals surface area contributed by atoms with Gasteiger partial charge in [0.15, 0.2) is 11.6 Å². The lowest BCUT2D eigenvalue weighted by Crippen LogP contribution is -2.26. The van der Waals surface area contributed by atoms with Crippen molar-refractivity contribution in [1.82, 2.24) is 10.3 Å². The molecule has 0 atom stereocenters. The first-order valence-electron chi connectivity index (χ1n) is 9.35. The Hall–Kier alpha value is -4.01. The van der Waals surface area contributed by atoms with Crippen molar-refractivity contribution >= 4 is 29.0 Å². The molecule has 0 fully saturated rings. The van der Waals surface area contributed by atoms with E-state index in [2.05, 4.69) is 20.9 Å². The highest BCUT2D eigenvalue weighted by molar-refractivity contribution is 6.03. The van der Waals surface area contributed by atoms with Crippen LogP contribution >= 0.6 is 0 Å². The molecule has 3 aromatic rings. The van der Waals surface area contributed by atoms with Crippen LogP contribution in [-0.2, 0) is 6.54 Å². The van der Waals surface area contributed by atoms with Crippen LogP contribution in [0, 0.1) is 11.6 Å². The van der Waals surface area contributed by atoms with Crippen LogP contribution in [0.3, 0.4) is 0 Å². The highest BCUT2D eigenvalue weighted by atomic mass is 19.2. The number of carbonyl (C=O) groups excluding carboxylic acids is 2. The van der Waals surface area contributed by atoms with E-state index in [1.807, 2.05) is 6.07 Å². The Morgan fingerprint density at radius 3 is 2.32 bits per heavy atom. The number of hydrogen-bond acceptors (Lipinski definition) is 4. The summed E-state index contributed by atoms with van der Waals surface area (Å²) >= 11 is 0. The molecule has 1 heterocycles. The van der Waals surface area contributed by atoms with Crippen molar-refractivity contribution < 1.29 is 18.4 Å². The van der Waals surface area contributed by atoms with Crippen LogP contribution in [0.5, 0.6) is 0 Å². The molecular weight excluding hydrogens is 404 g/mol. The maximum absolute atomic E-state index is 13.3. The van der Waals surface area contributed by atoms with Gasteiger partial charge in [0.25, 0.3) is 5.91 Å². The average Bonchev–Trinajstić information content (AvgIpc) is 2.75. The van der Waals surface area contributed by atoms with Crippen LogP contribution in [0.2, 0.25) is 0 Å². The molecule has 0 saturated carbocycles. The van der Waals surface area contributed by atoms with Crippen LogP contribution in [0.25, 0.3) is 0 Å². The Balaban J connectivity index is 1.73. The number of pyridine rings is 1. The Morgan fingerprint density at radius 1 is 0.968 bits per heavy atom. The van der Waals surface area contributed by atoms with Crippen molar-refractivity contribution in [3.05, 3.63) is 83.7 Å². The highest BCUT2D eigenvalue weighted by Crippen LogP contribution is 2.23. The van der Waals surface area contributed by atoms with Gasteiger partial charge in [0.05, 0.1) is 5.56 Å². The lowest BCUT2D eigenvalue weighted by atomic mass is 10.1. The van der Waals surface area contributed by atoms with Gasteiger partial charge in [-0.2, -0.15) is 0 Å².